The molecule has 0 bridgehead atoms. The molecule has 0 aliphatic heterocycles. The van der Waals surface area contributed by atoms with Gasteiger partial charge in [-0.15, -0.1) is 0 Å². The number of nitrogens with two attached hydrogens (primary N) is 1. The number of benzene rings is 1. The van der Waals surface area contributed by atoms with Crippen LogP contribution >= 0.6 is 0 Å². The van der Waals surface area contributed by atoms with E-state index in [2.05, 4.69) is 29.2 Å². The summed E-state index contributed by atoms with van der Waals surface area (Å²) in [4.78, 5) is 3.93. The minimum absolute atomic E-state index is 0.187. The van der Waals surface area contributed by atoms with Crippen LogP contribution in [0.2, 0.25) is 0 Å². The summed E-state index contributed by atoms with van der Waals surface area (Å²) in [6.07, 6.45) is 0.629. The summed E-state index contributed by atoms with van der Waals surface area (Å²) in [7, 11) is 0. The van der Waals surface area contributed by atoms with E-state index in [1.165, 1.54) is 5.56 Å². The maximum atomic E-state index is 5.34. The van der Waals surface area contributed by atoms with Gasteiger partial charge in [0.2, 0.25) is 5.89 Å². The van der Waals surface area contributed by atoms with Crippen LogP contribution in [0, 0.1) is 6.92 Å². The van der Waals surface area contributed by atoms with Crippen LogP contribution in [0.5, 0.6) is 0 Å². The molecule has 2 rings (SSSR count). The molecule has 0 saturated carbocycles. The molecule has 1 aromatic carbocycles. The smallest absolute Gasteiger partial charge is 0.260 e. The van der Waals surface area contributed by atoms with Gasteiger partial charge in [-0.25, -0.2) is 0 Å². The van der Waals surface area contributed by atoms with E-state index in [9.17, 15) is 0 Å². The van der Waals surface area contributed by atoms with Crippen molar-refractivity contribution in [2.24, 2.45) is 0 Å². The normalized spacial score (nSPS) is 10.4. The van der Waals surface area contributed by atoms with Gasteiger partial charge < -0.3 is 10.3 Å². The zero-order valence-corrected chi connectivity index (χ0v) is 7.90. The molecule has 0 aliphatic carbocycles. The third-order valence-corrected chi connectivity index (χ3v) is 1.96. The lowest BCUT2D eigenvalue weighted by molar-refractivity contribution is 0.386. The van der Waals surface area contributed by atoms with Crippen molar-refractivity contribution in [2.45, 2.75) is 13.3 Å². The van der Waals surface area contributed by atoms with Crippen molar-refractivity contribution < 1.29 is 4.52 Å². The first kappa shape index (κ1) is 8.74. The van der Waals surface area contributed by atoms with Crippen molar-refractivity contribution in [3.8, 4) is 0 Å². The Labute approximate surface area is 81.7 Å². The fourth-order valence-electron chi connectivity index (χ4n) is 1.22. The second kappa shape index (κ2) is 3.49. The van der Waals surface area contributed by atoms with Gasteiger partial charge in [-0.3, -0.25) is 0 Å². The molecule has 2 aromatic rings. The summed E-state index contributed by atoms with van der Waals surface area (Å²) in [6.45, 7) is 2.05. The highest BCUT2D eigenvalue weighted by atomic mass is 16.5. The molecule has 72 valence electrons. The molecule has 1 heterocycles. The van der Waals surface area contributed by atoms with E-state index < -0.39 is 0 Å². The fourth-order valence-corrected chi connectivity index (χ4v) is 1.22. The lowest BCUT2D eigenvalue weighted by Gasteiger charge is -1.96. The van der Waals surface area contributed by atoms with Crippen LogP contribution < -0.4 is 5.73 Å². The molecule has 4 heteroatoms. The lowest BCUT2D eigenvalue weighted by Crippen LogP contribution is -1.90. The number of nitrogens with zero attached hydrogens (tertiary/aromatic N) is 2. The Morgan fingerprint density at radius 2 is 2.00 bits per heavy atom. The second-order valence-electron chi connectivity index (χ2n) is 3.21. The SMILES string of the molecule is Cc1ccc(Cc2nc(N)no2)cc1. The average molecular weight is 189 g/mol. The standard InChI is InChI=1S/C10H11N3O/c1-7-2-4-8(5-3-7)6-9-12-10(11)13-14-9/h2-5H,6H2,1H3,(H2,11,13). The molecule has 0 atom stereocenters. The van der Waals surface area contributed by atoms with Crippen molar-refractivity contribution in [1.82, 2.24) is 10.1 Å². The summed E-state index contributed by atoms with van der Waals surface area (Å²) < 4.78 is 4.91. The summed E-state index contributed by atoms with van der Waals surface area (Å²) in [5.74, 6) is 0.735. The van der Waals surface area contributed by atoms with Crippen molar-refractivity contribution >= 4 is 5.95 Å². The molecule has 0 fully saturated rings. The monoisotopic (exact) mass is 189 g/mol. The van der Waals surface area contributed by atoms with Crippen molar-refractivity contribution in [3.05, 3.63) is 41.3 Å². The first-order valence-corrected chi connectivity index (χ1v) is 4.37. The molecule has 1 aromatic heterocycles. The van der Waals surface area contributed by atoms with E-state index in [0.29, 0.717) is 12.3 Å². The molecular formula is C10H11N3O. The zero-order valence-electron chi connectivity index (χ0n) is 7.90. The van der Waals surface area contributed by atoms with Gasteiger partial charge in [-0.05, 0) is 17.6 Å². The molecule has 14 heavy (non-hydrogen) atoms. The van der Waals surface area contributed by atoms with Crippen molar-refractivity contribution in [2.75, 3.05) is 5.73 Å². The predicted octanol–water partition coefficient (Wildman–Crippen LogP) is 1.55. The minimum Gasteiger partial charge on any atom is -0.365 e. The average Bonchev–Trinajstić information content (AvgIpc) is 2.56. The number of hydrogen-bond acceptors (Lipinski definition) is 4. The van der Waals surface area contributed by atoms with Gasteiger partial charge in [-0.1, -0.05) is 29.8 Å². The second-order valence-corrected chi connectivity index (χ2v) is 3.21. The Balaban J connectivity index is 2.15. The maximum absolute atomic E-state index is 5.34. The Bertz CT molecular complexity index is 419. The largest absolute Gasteiger partial charge is 0.365 e. The van der Waals surface area contributed by atoms with E-state index in [-0.39, 0.29) is 5.95 Å². The summed E-state index contributed by atoms with van der Waals surface area (Å²) >= 11 is 0. The van der Waals surface area contributed by atoms with Crippen LogP contribution in [-0.4, -0.2) is 10.1 Å². The number of aryl methyl sites for hydroxylation is 1. The molecule has 0 aliphatic rings. The molecule has 0 saturated heterocycles. The topological polar surface area (TPSA) is 64.9 Å². The first-order valence-electron chi connectivity index (χ1n) is 4.37. The van der Waals surface area contributed by atoms with Crippen LogP contribution in [0.4, 0.5) is 5.95 Å². The first-order chi connectivity index (χ1) is 6.74. The van der Waals surface area contributed by atoms with Crippen LogP contribution in [0.3, 0.4) is 0 Å². The third-order valence-electron chi connectivity index (χ3n) is 1.96. The Hall–Kier alpha value is -1.84. The van der Waals surface area contributed by atoms with E-state index >= 15 is 0 Å². The van der Waals surface area contributed by atoms with E-state index in [1.54, 1.807) is 0 Å². The van der Waals surface area contributed by atoms with Gasteiger partial charge >= 0.3 is 0 Å². The van der Waals surface area contributed by atoms with E-state index in [1.807, 2.05) is 12.1 Å². The highest BCUT2D eigenvalue weighted by Crippen LogP contribution is 2.09. The van der Waals surface area contributed by atoms with Crippen molar-refractivity contribution in [1.29, 1.82) is 0 Å². The molecule has 2 N–H and O–H groups in total. The van der Waals surface area contributed by atoms with E-state index in [0.717, 1.165) is 5.56 Å². The quantitative estimate of drug-likeness (QED) is 0.778. The van der Waals surface area contributed by atoms with Gasteiger partial charge in [0.25, 0.3) is 5.95 Å². The van der Waals surface area contributed by atoms with Crippen LogP contribution in [0.15, 0.2) is 28.8 Å². The van der Waals surface area contributed by atoms with Gasteiger partial charge in [0.1, 0.15) is 0 Å². The van der Waals surface area contributed by atoms with Gasteiger partial charge in [0.15, 0.2) is 0 Å². The number of aromatic nitrogens is 2. The number of nitrogen functional groups attached to an aromatic ring is 1. The molecule has 0 unspecified atom stereocenters. The molecule has 4 nitrogen and oxygen atoms in total. The number of hydrogen-bond donors (Lipinski definition) is 1. The minimum atomic E-state index is 0.187. The van der Waals surface area contributed by atoms with Crippen LogP contribution in [0.1, 0.15) is 17.0 Å². The van der Waals surface area contributed by atoms with Gasteiger partial charge in [0, 0.05) is 0 Å². The lowest BCUT2D eigenvalue weighted by atomic mass is 10.1. The third kappa shape index (κ3) is 1.90. The Morgan fingerprint density at radius 1 is 1.29 bits per heavy atom. The fraction of sp³-hybridized carbons (Fsp3) is 0.200. The van der Waals surface area contributed by atoms with Gasteiger partial charge in [0.05, 0.1) is 6.42 Å². The summed E-state index contributed by atoms with van der Waals surface area (Å²) in [5, 5.41) is 3.52. The van der Waals surface area contributed by atoms with Crippen molar-refractivity contribution in [3.63, 3.8) is 0 Å². The molecule has 0 amide bonds. The number of anilines is 1. The predicted molar refractivity (Wildman–Crippen MR) is 52.7 cm³/mol. The zero-order chi connectivity index (χ0) is 9.97. The van der Waals surface area contributed by atoms with Gasteiger partial charge in [-0.2, -0.15) is 4.98 Å². The Kier molecular flexibility index (Phi) is 2.18. The van der Waals surface area contributed by atoms with Crippen LogP contribution in [0.25, 0.3) is 0 Å². The molecular weight excluding hydrogens is 178 g/mol. The molecule has 0 spiro atoms. The summed E-state index contributed by atoms with van der Waals surface area (Å²) in [6, 6.07) is 8.18. The highest BCUT2D eigenvalue weighted by molar-refractivity contribution is 5.24. The summed E-state index contributed by atoms with van der Waals surface area (Å²) in [5.41, 5.74) is 7.71. The number of rotatable bonds is 2. The maximum Gasteiger partial charge on any atom is 0.260 e. The Morgan fingerprint density at radius 3 is 2.57 bits per heavy atom. The van der Waals surface area contributed by atoms with E-state index in [4.69, 9.17) is 10.3 Å². The highest BCUT2D eigenvalue weighted by Gasteiger charge is 2.03. The molecule has 0 radical (unpaired) electrons. The van der Waals surface area contributed by atoms with Crippen LogP contribution in [-0.2, 0) is 6.42 Å².